The van der Waals surface area contributed by atoms with E-state index in [0.717, 1.165) is 10.9 Å². The zero-order valence-electron chi connectivity index (χ0n) is 5.26. The topological polar surface area (TPSA) is 12.9 Å². The van der Waals surface area contributed by atoms with Gasteiger partial charge in [-0.1, -0.05) is 12.1 Å². The van der Waals surface area contributed by atoms with Crippen LogP contribution in [0.4, 0.5) is 0 Å². The van der Waals surface area contributed by atoms with Crippen LogP contribution >= 0.6 is 0 Å². The Morgan fingerprint density at radius 3 is 3.30 bits per heavy atom. The minimum absolute atomic E-state index is 0.894. The summed E-state index contributed by atoms with van der Waals surface area (Å²) in [6, 6.07) is 13.2. The molecule has 0 unspecified atom stereocenters. The molecule has 3 radical (unpaired) electrons. The molecule has 1 heterocycles. The maximum atomic E-state index is 3.99. The van der Waals surface area contributed by atoms with E-state index >= 15 is 0 Å². The van der Waals surface area contributed by atoms with E-state index in [1.165, 1.54) is 0 Å². The Bertz CT molecular complexity index is 276. The first-order chi connectivity index (χ1) is 4.97. The molecule has 0 bridgehead atoms. The van der Waals surface area contributed by atoms with E-state index in [1.54, 1.807) is 6.07 Å². The number of rotatable bonds is 0. The molecule has 2 rings (SSSR count). The smallest absolute Gasteiger partial charge is 0.0900 e. The van der Waals surface area contributed by atoms with Crippen LogP contribution in [0.25, 0.3) is 10.9 Å². The molecular formula is C9H4N. The summed E-state index contributed by atoms with van der Waals surface area (Å²) in [5.74, 6) is 0. The predicted molar refractivity (Wildman–Crippen MR) is 38.3 cm³/mol. The van der Waals surface area contributed by atoms with Gasteiger partial charge in [0.25, 0.3) is 0 Å². The quantitative estimate of drug-likeness (QED) is 0.522. The third kappa shape index (κ3) is 0.760. The Labute approximate surface area is 59.3 Å². The summed E-state index contributed by atoms with van der Waals surface area (Å²) in [7, 11) is 0. The van der Waals surface area contributed by atoms with Gasteiger partial charge in [-0.05, 0) is 24.3 Å². The maximum absolute atomic E-state index is 3.99. The van der Waals surface area contributed by atoms with Gasteiger partial charge in [-0.15, -0.1) is 0 Å². The number of hydrogen-bond acceptors (Lipinski definition) is 1. The van der Waals surface area contributed by atoms with Crippen molar-refractivity contribution in [2.45, 2.75) is 0 Å². The number of nitrogens with zero attached hydrogens (tertiary/aromatic N) is 1. The third-order valence-electron chi connectivity index (χ3n) is 1.32. The average Bonchev–Trinajstić information content (AvgIpc) is 2.05. The van der Waals surface area contributed by atoms with Crippen LogP contribution in [0.2, 0.25) is 0 Å². The summed E-state index contributed by atoms with van der Waals surface area (Å²) in [5, 5.41) is 1.01. The molecule has 0 saturated carbocycles. The lowest BCUT2D eigenvalue weighted by Gasteiger charge is -1.90. The van der Waals surface area contributed by atoms with Crippen molar-refractivity contribution in [1.29, 1.82) is 0 Å². The summed E-state index contributed by atoms with van der Waals surface area (Å²) in [6.07, 6.45) is 2.71. The highest BCUT2D eigenvalue weighted by Gasteiger charge is 1.88. The Hall–Kier alpha value is -1.37. The van der Waals surface area contributed by atoms with Gasteiger partial charge in [0.05, 0.1) is 11.7 Å². The summed E-state index contributed by atoms with van der Waals surface area (Å²) in [6.45, 7) is 0. The van der Waals surface area contributed by atoms with E-state index in [-0.39, 0.29) is 0 Å². The number of fused-ring (bicyclic) bond motifs is 1. The van der Waals surface area contributed by atoms with Crippen molar-refractivity contribution in [2.75, 3.05) is 0 Å². The van der Waals surface area contributed by atoms with Crippen molar-refractivity contribution in [3.05, 3.63) is 42.6 Å². The predicted octanol–water partition coefficient (Wildman–Crippen LogP) is 1.64. The Balaban J connectivity index is 2.89. The fourth-order valence-corrected chi connectivity index (χ4v) is 0.848. The first-order valence-corrected chi connectivity index (χ1v) is 3.01. The van der Waals surface area contributed by atoms with E-state index in [9.17, 15) is 0 Å². The standard InChI is InChI=1S/C9H4N/c1-2-6-9-8(4-1)5-3-7-10-9/h1,3-4,6H. The van der Waals surface area contributed by atoms with Gasteiger partial charge in [-0.3, -0.25) is 0 Å². The SMILES string of the molecule is [c]1ccc2[c]c[c]nc2c1. The van der Waals surface area contributed by atoms with Crippen LogP contribution in [-0.2, 0) is 0 Å². The van der Waals surface area contributed by atoms with Gasteiger partial charge in [-0.25, -0.2) is 4.98 Å². The van der Waals surface area contributed by atoms with E-state index in [0.29, 0.717) is 0 Å². The summed E-state index contributed by atoms with van der Waals surface area (Å²) in [4.78, 5) is 3.99. The van der Waals surface area contributed by atoms with E-state index in [4.69, 9.17) is 0 Å². The zero-order chi connectivity index (χ0) is 6.81. The molecule has 0 fully saturated rings. The van der Waals surface area contributed by atoms with Crippen LogP contribution in [0.1, 0.15) is 0 Å². The van der Waals surface area contributed by atoms with Gasteiger partial charge in [0, 0.05) is 5.39 Å². The van der Waals surface area contributed by atoms with E-state index in [1.807, 2.05) is 18.2 Å². The molecule has 0 N–H and O–H groups in total. The highest BCUT2D eigenvalue weighted by atomic mass is 14.6. The van der Waals surface area contributed by atoms with Crippen LogP contribution in [0.3, 0.4) is 0 Å². The second-order valence-electron chi connectivity index (χ2n) is 1.97. The van der Waals surface area contributed by atoms with Gasteiger partial charge < -0.3 is 0 Å². The largest absolute Gasteiger partial charge is 0.246 e. The number of hydrogen-bond donors (Lipinski definition) is 0. The van der Waals surface area contributed by atoms with Crippen molar-refractivity contribution in [2.24, 2.45) is 0 Å². The molecule has 0 atom stereocenters. The lowest BCUT2D eigenvalue weighted by atomic mass is 10.2. The molecule has 0 aliphatic rings. The van der Waals surface area contributed by atoms with Crippen molar-refractivity contribution < 1.29 is 0 Å². The zero-order valence-corrected chi connectivity index (χ0v) is 5.26. The minimum atomic E-state index is 0.894. The molecule has 1 nitrogen and oxygen atoms in total. The monoisotopic (exact) mass is 126 g/mol. The Morgan fingerprint density at radius 2 is 2.40 bits per heavy atom. The van der Waals surface area contributed by atoms with Crippen molar-refractivity contribution in [3.8, 4) is 0 Å². The van der Waals surface area contributed by atoms with Crippen LogP contribution in [-0.4, -0.2) is 4.98 Å². The summed E-state index contributed by atoms with van der Waals surface area (Å²) >= 11 is 0. The maximum Gasteiger partial charge on any atom is 0.0900 e. The molecule has 45 valence electrons. The van der Waals surface area contributed by atoms with Gasteiger partial charge in [0.2, 0.25) is 0 Å². The highest BCUT2D eigenvalue weighted by Crippen LogP contribution is 2.06. The molecule has 0 spiro atoms. The summed E-state index contributed by atoms with van der Waals surface area (Å²) < 4.78 is 0. The fraction of sp³-hybridized carbons (Fsp3) is 0. The average molecular weight is 126 g/mol. The van der Waals surface area contributed by atoms with Crippen LogP contribution in [0.5, 0.6) is 0 Å². The van der Waals surface area contributed by atoms with Crippen LogP contribution in [0.15, 0.2) is 24.3 Å². The third-order valence-corrected chi connectivity index (χ3v) is 1.32. The molecule has 10 heavy (non-hydrogen) atoms. The number of benzene rings is 1. The fourth-order valence-electron chi connectivity index (χ4n) is 0.848. The molecule has 0 saturated heterocycles. The normalized spacial score (nSPS) is 10.0. The second kappa shape index (κ2) is 2.10. The molecule has 0 aliphatic carbocycles. The molecular weight excluding hydrogens is 122 g/mol. The van der Waals surface area contributed by atoms with Gasteiger partial charge in [-0.2, -0.15) is 0 Å². The van der Waals surface area contributed by atoms with Gasteiger partial charge in [0.1, 0.15) is 0 Å². The lowest BCUT2D eigenvalue weighted by Crippen LogP contribution is -1.75. The second-order valence-corrected chi connectivity index (χ2v) is 1.97. The Morgan fingerprint density at radius 1 is 1.40 bits per heavy atom. The Kier molecular flexibility index (Phi) is 1.14. The first kappa shape index (κ1) is 5.42. The van der Waals surface area contributed by atoms with Crippen LogP contribution < -0.4 is 0 Å². The lowest BCUT2D eigenvalue weighted by molar-refractivity contribution is 1.39. The molecule has 1 aromatic heterocycles. The van der Waals surface area contributed by atoms with Crippen molar-refractivity contribution in [1.82, 2.24) is 4.98 Å². The molecule has 0 amide bonds. The molecule has 1 aromatic carbocycles. The van der Waals surface area contributed by atoms with Crippen molar-refractivity contribution >= 4 is 10.9 Å². The summed E-state index contributed by atoms with van der Waals surface area (Å²) in [5.41, 5.74) is 0.894. The molecule has 2 aromatic rings. The van der Waals surface area contributed by atoms with Gasteiger partial charge in [0.15, 0.2) is 0 Å². The number of pyridine rings is 1. The first-order valence-electron chi connectivity index (χ1n) is 3.01. The number of aromatic nitrogens is 1. The van der Waals surface area contributed by atoms with Crippen molar-refractivity contribution in [3.63, 3.8) is 0 Å². The van der Waals surface area contributed by atoms with Gasteiger partial charge >= 0.3 is 0 Å². The van der Waals surface area contributed by atoms with Crippen LogP contribution in [0, 0.1) is 18.3 Å². The molecule has 0 aliphatic heterocycles. The minimum Gasteiger partial charge on any atom is -0.246 e. The van der Waals surface area contributed by atoms with E-state index in [2.05, 4.69) is 23.3 Å². The highest BCUT2D eigenvalue weighted by molar-refractivity contribution is 5.76. The molecule has 1 heteroatoms. The van der Waals surface area contributed by atoms with E-state index < -0.39 is 0 Å².